The van der Waals surface area contributed by atoms with E-state index in [9.17, 15) is 22.8 Å². The van der Waals surface area contributed by atoms with Gasteiger partial charge in [0.2, 0.25) is 5.91 Å². The van der Waals surface area contributed by atoms with Crippen LogP contribution in [0.1, 0.15) is 12.8 Å². The maximum absolute atomic E-state index is 13.5. The van der Waals surface area contributed by atoms with Crippen LogP contribution in [0.5, 0.6) is 5.75 Å². The molecule has 2 aromatic carbocycles. The molecule has 0 radical (unpaired) electrons. The van der Waals surface area contributed by atoms with Crippen LogP contribution in [-0.4, -0.2) is 84.9 Å². The summed E-state index contributed by atoms with van der Waals surface area (Å²) < 4.78 is 55.8. The number of morpholine rings is 1. The molecule has 1 N–H and O–H groups in total. The van der Waals surface area contributed by atoms with E-state index in [0.717, 1.165) is 38.1 Å². The van der Waals surface area contributed by atoms with E-state index >= 15 is 0 Å². The van der Waals surface area contributed by atoms with Crippen molar-refractivity contribution in [2.24, 2.45) is 5.41 Å². The van der Waals surface area contributed by atoms with E-state index in [1.54, 1.807) is 6.07 Å². The van der Waals surface area contributed by atoms with Gasteiger partial charge in [-0.15, -0.1) is 13.2 Å². The summed E-state index contributed by atoms with van der Waals surface area (Å²) in [7, 11) is 0. The standard InChI is InChI=1S/C28H28F3N5O5/c29-28(30,31)41-23-4-2-19(12-22(23)33-25(38)27(5-6-27)35-7-9-39-10-8-35)36-17-32-21-11-18(1-3-20(21)24(36)37)34-13-26(14-34)15-40-16-26/h1-4,11-12,17H,5-10,13-16H2,(H,33,38). The van der Waals surface area contributed by atoms with Gasteiger partial charge in [0.25, 0.3) is 5.56 Å². The summed E-state index contributed by atoms with van der Waals surface area (Å²) in [6.45, 7) is 5.41. The maximum Gasteiger partial charge on any atom is 0.573 e. The van der Waals surface area contributed by atoms with Crippen LogP contribution in [0, 0.1) is 5.41 Å². The number of carbonyl (C=O) groups is 1. The van der Waals surface area contributed by atoms with Gasteiger partial charge in [0.15, 0.2) is 5.75 Å². The second-order valence-corrected chi connectivity index (χ2v) is 11.3. The minimum Gasteiger partial charge on any atom is -0.404 e. The summed E-state index contributed by atoms with van der Waals surface area (Å²) in [5.74, 6) is -0.982. The van der Waals surface area contributed by atoms with E-state index in [4.69, 9.17) is 9.47 Å². The predicted octanol–water partition coefficient (Wildman–Crippen LogP) is 2.92. The number of amides is 1. The van der Waals surface area contributed by atoms with Crippen LogP contribution in [0.4, 0.5) is 24.5 Å². The Morgan fingerprint density at radius 3 is 2.39 bits per heavy atom. The maximum atomic E-state index is 13.5. The molecule has 13 heteroatoms. The third-order valence-corrected chi connectivity index (χ3v) is 8.45. The van der Waals surface area contributed by atoms with Crippen LogP contribution in [-0.2, 0) is 14.3 Å². The van der Waals surface area contributed by atoms with Crippen molar-refractivity contribution in [2.45, 2.75) is 24.7 Å². The van der Waals surface area contributed by atoms with E-state index in [2.05, 4.69) is 19.9 Å². The van der Waals surface area contributed by atoms with Crippen LogP contribution in [0.3, 0.4) is 0 Å². The van der Waals surface area contributed by atoms with E-state index in [1.807, 2.05) is 17.0 Å². The molecule has 4 aliphatic rings. The molecule has 0 bridgehead atoms. The SMILES string of the molecule is O=C(Nc1cc(-n2cnc3cc(N4CC5(COC5)C4)ccc3c2=O)ccc1OC(F)(F)F)C1(N2CCOCC2)CC1. The molecule has 3 aromatic rings. The number of nitrogens with one attached hydrogen (secondary N) is 1. The smallest absolute Gasteiger partial charge is 0.404 e. The Labute approximate surface area is 232 Å². The first-order valence-electron chi connectivity index (χ1n) is 13.5. The highest BCUT2D eigenvalue weighted by Gasteiger charge is 2.55. The molecule has 7 rings (SSSR count). The second-order valence-electron chi connectivity index (χ2n) is 11.3. The van der Waals surface area contributed by atoms with Crippen LogP contribution < -0.4 is 20.5 Å². The van der Waals surface area contributed by atoms with Gasteiger partial charge in [0.05, 0.1) is 54.1 Å². The number of aromatic nitrogens is 2. The lowest BCUT2D eigenvalue weighted by Gasteiger charge is -2.56. The highest BCUT2D eigenvalue weighted by Crippen LogP contribution is 2.44. The largest absolute Gasteiger partial charge is 0.573 e. The third-order valence-electron chi connectivity index (χ3n) is 8.45. The van der Waals surface area contributed by atoms with Crippen molar-refractivity contribution in [2.75, 3.05) is 62.8 Å². The Morgan fingerprint density at radius 2 is 1.73 bits per heavy atom. The molecule has 0 unspecified atom stereocenters. The first-order chi connectivity index (χ1) is 19.6. The summed E-state index contributed by atoms with van der Waals surface area (Å²) in [5, 5.41) is 3.02. The Hall–Kier alpha value is -3.68. The van der Waals surface area contributed by atoms with Gasteiger partial charge in [-0.3, -0.25) is 19.1 Å². The van der Waals surface area contributed by atoms with Crippen molar-refractivity contribution in [1.82, 2.24) is 14.5 Å². The number of alkyl halides is 3. The molecule has 1 spiro atoms. The molecule has 10 nitrogen and oxygen atoms in total. The lowest BCUT2D eigenvalue weighted by atomic mass is 9.78. The van der Waals surface area contributed by atoms with Gasteiger partial charge in [-0.25, -0.2) is 4.98 Å². The van der Waals surface area contributed by atoms with Crippen LogP contribution in [0.2, 0.25) is 0 Å². The number of hydrogen-bond acceptors (Lipinski definition) is 8. The molecule has 4 fully saturated rings. The molecule has 1 amide bonds. The van der Waals surface area contributed by atoms with E-state index in [1.165, 1.54) is 23.0 Å². The number of fused-ring (bicyclic) bond motifs is 1. The molecule has 216 valence electrons. The predicted molar refractivity (Wildman–Crippen MR) is 142 cm³/mol. The minimum atomic E-state index is -4.97. The summed E-state index contributed by atoms with van der Waals surface area (Å²) >= 11 is 0. The topological polar surface area (TPSA) is 98.2 Å². The molecule has 3 saturated heterocycles. The Bertz CT molecular complexity index is 1570. The Balaban J connectivity index is 1.18. The average Bonchev–Trinajstić information content (AvgIpc) is 3.71. The fourth-order valence-electron chi connectivity index (χ4n) is 6.02. The lowest BCUT2D eigenvalue weighted by Crippen LogP contribution is -2.66. The van der Waals surface area contributed by atoms with Crippen molar-refractivity contribution >= 4 is 28.2 Å². The Morgan fingerprint density at radius 1 is 1.00 bits per heavy atom. The van der Waals surface area contributed by atoms with Gasteiger partial charge >= 0.3 is 6.36 Å². The number of rotatable bonds is 6. The van der Waals surface area contributed by atoms with Crippen LogP contribution in [0.25, 0.3) is 16.6 Å². The van der Waals surface area contributed by atoms with Crippen molar-refractivity contribution in [3.05, 3.63) is 53.1 Å². The van der Waals surface area contributed by atoms with Crippen LogP contribution >= 0.6 is 0 Å². The molecular weight excluding hydrogens is 543 g/mol. The summed E-state index contributed by atoms with van der Waals surface area (Å²) in [5.41, 5.74) is 0.595. The minimum absolute atomic E-state index is 0.182. The summed E-state index contributed by atoms with van der Waals surface area (Å²) in [6, 6.07) is 9.17. The zero-order chi connectivity index (χ0) is 28.4. The first kappa shape index (κ1) is 26.2. The zero-order valence-electron chi connectivity index (χ0n) is 22.1. The monoisotopic (exact) mass is 571 g/mol. The molecule has 4 heterocycles. The second kappa shape index (κ2) is 9.43. The highest BCUT2D eigenvalue weighted by molar-refractivity contribution is 6.01. The number of carbonyl (C=O) groups excluding carboxylic acids is 1. The van der Waals surface area contributed by atoms with Crippen molar-refractivity contribution in [3.8, 4) is 11.4 Å². The quantitative estimate of drug-likeness (QED) is 0.483. The molecule has 1 aromatic heterocycles. The molecular formula is C28H28F3N5O5. The van der Waals surface area contributed by atoms with Gasteiger partial charge in [0.1, 0.15) is 11.9 Å². The first-order valence-corrected chi connectivity index (χ1v) is 13.5. The lowest BCUT2D eigenvalue weighted by molar-refractivity contribution is -0.274. The fourth-order valence-corrected chi connectivity index (χ4v) is 6.02. The number of anilines is 2. The van der Waals surface area contributed by atoms with Gasteiger partial charge in [-0.05, 0) is 49.2 Å². The van der Waals surface area contributed by atoms with E-state index in [0.29, 0.717) is 50.0 Å². The number of benzene rings is 2. The average molecular weight is 572 g/mol. The molecule has 3 aliphatic heterocycles. The van der Waals surface area contributed by atoms with Gasteiger partial charge < -0.3 is 24.4 Å². The number of halogens is 3. The van der Waals surface area contributed by atoms with Crippen molar-refractivity contribution in [1.29, 1.82) is 0 Å². The zero-order valence-corrected chi connectivity index (χ0v) is 22.1. The van der Waals surface area contributed by atoms with Crippen molar-refractivity contribution < 1.29 is 32.2 Å². The van der Waals surface area contributed by atoms with Crippen molar-refractivity contribution in [3.63, 3.8) is 0 Å². The summed E-state index contributed by atoms with van der Waals surface area (Å²) in [6.07, 6.45) is -2.44. The molecule has 1 saturated carbocycles. The van der Waals surface area contributed by atoms with E-state index < -0.39 is 23.6 Å². The summed E-state index contributed by atoms with van der Waals surface area (Å²) in [4.78, 5) is 35.5. The molecule has 0 atom stereocenters. The molecule has 1 aliphatic carbocycles. The van der Waals surface area contributed by atoms with Gasteiger partial charge in [0, 0.05) is 31.9 Å². The fraction of sp³-hybridized carbons (Fsp3) is 0.464. The number of nitrogens with zero attached hydrogens (tertiary/aromatic N) is 4. The number of hydrogen-bond donors (Lipinski definition) is 1. The Kier molecular flexibility index (Phi) is 6.03. The van der Waals surface area contributed by atoms with Gasteiger partial charge in [-0.2, -0.15) is 0 Å². The van der Waals surface area contributed by atoms with Gasteiger partial charge in [-0.1, -0.05) is 0 Å². The normalized spacial score (nSPS) is 21.3. The highest BCUT2D eigenvalue weighted by atomic mass is 19.4. The van der Waals surface area contributed by atoms with Crippen LogP contribution in [0.15, 0.2) is 47.5 Å². The van der Waals surface area contributed by atoms with E-state index in [-0.39, 0.29) is 22.3 Å². The molecule has 41 heavy (non-hydrogen) atoms. The third kappa shape index (κ3) is 4.71. The number of ether oxygens (including phenoxy) is 3.